The second-order valence-electron chi connectivity index (χ2n) is 14.5. The van der Waals surface area contributed by atoms with Crippen LogP contribution in [0.25, 0.3) is 21.7 Å². The van der Waals surface area contributed by atoms with E-state index >= 15 is 0 Å². The molecule has 0 saturated carbocycles. The van der Waals surface area contributed by atoms with Gasteiger partial charge in [0, 0.05) is 22.0 Å². The summed E-state index contributed by atoms with van der Waals surface area (Å²) in [5.74, 6) is 2.17. The van der Waals surface area contributed by atoms with Crippen molar-refractivity contribution in [2.75, 3.05) is 19.8 Å². The highest BCUT2D eigenvalue weighted by Gasteiger charge is 2.22. The molecule has 0 N–H and O–H groups in total. The largest absolute Gasteiger partial charge is 0.490 e. The fraction of sp³-hybridized carbons (Fsp3) is 0.689. The summed E-state index contributed by atoms with van der Waals surface area (Å²) in [6.45, 7) is 10.7. The fourth-order valence-electron chi connectivity index (χ4n) is 6.95. The first-order chi connectivity index (χ1) is 24.6. The third-order valence-electron chi connectivity index (χ3n) is 9.99. The van der Waals surface area contributed by atoms with Crippen molar-refractivity contribution < 1.29 is 19.0 Å². The molecule has 1 heterocycles. The van der Waals surface area contributed by atoms with E-state index < -0.39 is 0 Å². The lowest BCUT2D eigenvalue weighted by atomic mass is 9.99. The standard InChI is InChI=1S/C45H71NO4/c1-5-8-11-14-17-20-23-26-31-48-41-35-38-34-39(36-47)43-40(30-29-37(4)46-43)42(38)45(50-33-28-25-22-19-16-13-10-7-3)44(41)49-32-27-24-21-18-15-12-9-6-2/h29-30,34-36H,5-28,31-33H2,1-4H3. The zero-order valence-corrected chi connectivity index (χ0v) is 32.6. The van der Waals surface area contributed by atoms with E-state index in [4.69, 9.17) is 19.2 Å². The Balaban J connectivity index is 1.84. The topological polar surface area (TPSA) is 57.7 Å². The van der Waals surface area contributed by atoms with Crippen LogP contribution in [0.5, 0.6) is 17.2 Å². The summed E-state index contributed by atoms with van der Waals surface area (Å²) >= 11 is 0. The van der Waals surface area contributed by atoms with Crippen LogP contribution in [-0.4, -0.2) is 31.1 Å². The van der Waals surface area contributed by atoms with Crippen LogP contribution in [0.15, 0.2) is 24.3 Å². The highest BCUT2D eigenvalue weighted by atomic mass is 16.5. The van der Waals surface area contributed by atoms with Crippen LogP contribution >= 0.6 is 0 Å². The van der Waals surface area contributed by atoms with Gasteiger partial charge in [-0.25, -0.2) is 0 Å². The summed E-state index contributed by atoms with van der Waals surface area (Å²) in [4.78, 5) is 17.1. The quantitative estimate of drug-likeness (QED) is 0.0382. The Morgan fingerprint density at radius 1 is 0.540 bits per heavy atom. The average Bonchev–Trinajstić information content (AvgIpc) is 3.12. The monoisotopic (exact) mass is 690 g/mol. The van der Waals surface area contributed by atoms with Crippen molar-refractivity contribution in [3.63, 3.8) is 0 Å². The zero-order valence-electron chi connectivity index (χ0n) is 32.6. The van der Waals surface area contributed by atoms with Crippen LogP contribution in [0.4, 0.5) is 0 Å². The van der Waals surface area contributed by atoms with Crippen LogP contribution in [0.3, 0.4) is 0 Å². The summed E-state index contributed by atoms with van der Waals surface area (Å²) in [6, 6.07) is 8.12. The van der Waals surface area contributed by atoms with E-state index in [-0.39, 0.29) is 0 Å². The second-order valence-corrected chi connectivity index (χ2v) is 14.5. The highest BCUT2D eigenvalue weighted by Crippen LogP contribution is 2.47. The Morgan fingerprint density at radius 3 is 1.46 bits per heavy atom. The molecule has 5 nitrogen and oxygen atoms in total. The second kappa shape index (κ2) is 26.0. The molecule has 0 aliphatic carbocycles. The molecular formula is C45H71NO4. The number of aromatic nitrogens is 1. The van der Waals surface area contributed by atoms with Crippen molar-refractivity contribution >= 4 is 28.0 Å². The Kier molecular flexibility index (Phi) is 21.7. The predicted molar refractivity (Wildman–Crippen MR) is 214 cm³/mol. The lowest BCUT2D eigenvalue weighted by Gasteiger charge is -2.21. The van der Waals surface area contributed by atoms with Crippen LogP contribution in [0.2, 0.25) is 0 Å². The number of pyridine rings is 1. The summed E-state index contributed by atoms with van der Waals surface area (Å²) in [7, 11) is 0. The number of fused-ring (bicyclic) bond motifs is 3. The molecule has 0 aliphatic heterocycles. The maximum Gasteiger partial charge on any atom is 0.204 e. The van der Waals surface area contributed by atoms with E-state index in [0.717, 1.165) is 71.7 Å². The number of ether oxygens (including phenoxy) is 3. The number of aryl methyl sites for hydroxylation is 1. The van der Waals surface area contributed by atoms with Gasteiger partial charge in [-0.2, -0.15) is 0 Å². The van der Waals surface area contributed by atoms with E-state index in [1.807, 2.05) is 19.1 Å². The minimum atomic E-state index is 0.590. The number of rotatable bonds is 31. The summed E-state index contributed by atoms with van der Waals surface area (Å²) in [6.07, 6.45) is 30.9. The minimum Gasteiger partial charge on any atom is -0.490 e. The van der Waals surface area contributed by atoms with E-state index in [1.54, 1.807) is 0 Å². The van der Waals surface area contributed by atoms with Gasteiger partial charge in [0.15, 0.2) is 17.8 Å². The summed E-state index contributed by atoms with van der Waals surface area (Å²) in [5, 5.41) is 2.82. The Hall–Kier alpha value is -2.82. The highest BCUT2D eigenvalue weighted by molar-refractivity contribution is 6.15. The van der Waals surface area contributed by atoms with Gasteiger partial charge in [0.05, 0.1) is 25.3 Å². The predicted octanol–water partition coefficient (Wildman–Crippen LogP) is 14.1. The van der Waals surface area contributed by atoms with E-state index in [0.29, 0.717) is 36.7 Å². The van der Waals surface area contributed by atoms with E-state index in [1.165, 1.54) is 122 Å². The first-order valence-corrected chi connectivity index (χ1v) is 20.9. The number of unbranched alkanes of at least 4 members (excludes halogenated alkanes) is 21. The molecule has 0 fully saturated rings. The molecule has 1 aromatic heterocycles. The molecule has 0 bridgehead atoms. The van der Waals surface area contributed by atoms with Crippen molar-refractivity contribution in [2.45, 2.75) is 182 Å². The molecular weight excluding hydrogens is 618 g/mol. The fourth-order valence-corrected chi connectivity index (χ4v) is 6.95. The van der Waals surface area contributed by atoms with Crippen LogP contribution in [-0.2, 0) is 0 Å². The molecule has 3 rings (SSSR count). The van der Waals surface area contributed by atoms with Crippen LogP contribution < -0.4 is 14.2 Å². The number of aldehydes is 1. The number of carbonyl (C=O) groups is 1. The molecule has 3 aromatic rings. The first kappa shape index (κ1) is 41.6. The van der Waals surface area contributed by atoms with Gasteiger partial charge in [-0.1, -0.05) is 162 Å². The molecule has 0 radical (unpaired) electrons. The van der Waals surface area contributed by atoms with Gasteiger partial charge >= 0.3 is 0 Å². The van der Waals surface area contributed by atoms with Crippen molar-refractivity contribution in [3.05, 3.63) is 35.5 Å². The number of nitrogens with zero attached hydrogens (tertiary/aromatic N) is 1. The number of hydrogen-bond acceptors (Lipinski definition) is 5. The Labute approximate surface area is 305 Å². The molecule has 0 unspecified atom stereocenters. The minimum absolute atomic E-state index is 0.590. The van der Waals surface area contributed by atoms with Crippen molar-refractivity contribution in [1.29, 1.82) is 0 Å². The van der Waals surface area contributed by atoms with Crippen molar-refractivity contribution in [1.82, 2.24) is 4.98 Å². The molecule has 0 saturated heterocycles. The number of hydrogen-bond donors (Lipinski definition) is 0. The molecule has 280 valence electrons. The maximum atomic E-state index is 12.3. The molecule has 0 amide bonds. The van der Waals surface area contributed by atoms with Gasteiger partial charge in [-0.15, -0.1) is 0 Å². The lowest BCUT2D eigenvalue weighted by molar-refractivity contribution is 0.112. The molecule has 5 heteroatoms. The maximum absolute atomic E-state index is 12.3. The average molecular weight is 690 g/mol. The summed E-state index contributed by atoms with van der Waals surface area (Å²) < 4.78 is 20.0. The smallest absolute Gasteiger partial charge is 0.204 e. The molecule has 50 heavy (non-hydrogen) atoms. The van der Waals surface area contributed by atoms with Gasteiger partial charge in [0.1, 0.15) is 0 Å². The van der Waals surface area contributed by atoms with Crippen molar-refractivity contribution in [2.24, 2.45) is 0 Å². The van der Waals surface area contributed by atoms with Gasteiger partial charge in [0.2, 0.25) is 5.75 Å². The molecule has 0 spiro atoms. The first-order valence-electron chi connectivity index (χ1n) is 20.9. The number of carbonyl (C=O) groups excluding carboxylic acids is 1. The van der Waals surface area contributed by atoms with Crippen molar-refractivity contribution in [3.8, 4) is 17.2 Å². The van der Waals surface area contributed by atoms with Gasteiger partial charge in [0.25, 0.3) is 0 Å². The van der Waals surface area contributed by atoms with Gasteiger partial charge < -0.3 is 14.2 Å². The Morgan fingerprint density at radius 2 is 0.980 bits per heavy atom. The Bertz CT molecular complexity index is 1350. The normalized spacial score (nSPS) is 11.4. The molecule has 0 aliphatic rings. The molecule has 0 atom stereocenters. The van der Waals surface area contributed by atoms with Crippen LogP contribution in [0, 0.1) is 6.92 Å². The molecule has 2 aromatic carbocycles. The third kappa shape index (κ3) is 14.8. The third-order valence-corrected chi connectivity index (χ3v) is 9.99. The van der Waals surface area contributed by atoms with Crippen LogP contribution in [0.1, 0.15) is 191 Å². The van der Waals surface area contributed by atoms with Gasteiger partial charge in [-0.05, 0) is 49.8 Å². The number of benzene rings is 2. The lowest BCUT2D eigenvalue weighted by Crippen LogP contribution is -2.07. The van der Waals surface area contributed by atoms with E-state index in [9.17, 15) is 4.79 Å². The summed E-state index contributed by atoms with van der Waals surface area (Å²) in [5.41, 5.74) is 2.19. The zero-order chi connectivity index (χ0) is 35.7. The SMILES string of the molecule is CCCCCCCCCCOc1cc2cc(C=O)c3nc(C)ccc3c2c(OCCCCCCCCCC)c1OCCCCCCCCCC. The van der Waals surface area contributed by atoms with E-state index in [2.05, 4.69) is 32.9 Å². The van der Waals surface area contributed by atoms with Gasteiger partial charge in [-0.3, -0.25) is 9.78 Å².